The van der Waals surface area contributed by atoms with Crippen molar-refractivity contribution in [2.45, 2.75) is 45.4 Å². The Kier molecular flexibility index (Phi) is 4.22. The number of rotatable bonds is 2. The third kappa shape index (κ3) is 2.97. The normalized spacial score (nSPS) is 32.1. The van der Waals surface area contributed by atoms with E-state index in [0.717, 1.165) is 31.1 Å². The van der Waals surface area contributed by atoms with E-state index in [-0.39, 0.29) is 0 Å². The van der Waals surface area contributed by atoms with Gasteiger partial charge in [0.2, 0.25) is 0 Å². The summed E-state index contributed by atoms with van der Waals surface area (Å²) in [7, 11) is 0. The topological polar surface area (TPSA) is 35.8 Å². The number of likely N-dealkylation sites (tertiary alicyclic amines) is 1. The quantitative estimate of drug-likeness (QED) is 0.578. The maximum Gasteiger partial charge on any atom is 0.0624 e. The van der Waals surface area contributed by atoms with Crippen molar-refractivity contribution in [2.24, 2.45) is 17.0 Å². The lowest BCUT2D eigenvalue weighted by molar-refractivity contribution is 0.181. The zero-order chi connectivity index (χ0) is 11.4. The van der Waals surface area contributed by atoms with Gasteiger partial charge in [-0.2, -0.15) is 0 Å². The van der Waals surface area contributed by atoms with Gasteiger partial charge in [0, 0.05) is 32.0 Å². The molecule has 1 atom stereocenters. The van der Waals surface area contributed by atoms with Gasteiger partial charge in [0.15, 0.2) is 0 Å². The predicted molar refractivity (Wildman–Crippen MR) is 66.0 cm³/mol. The van der Waals surface area contributed by atoms with Crippen molar-refractivity contribution in [1.29, 1.82) is 0 Å². The lowest BCUT2D eigenvalue weighted by atomic mass is 9.88. The van der Waals surface area contributed by atoms with Crippen LogP contribution >= 0.6 is 0 Å². The van der Waals surface area contributed by atoms with Gasteiger partial charge in [-0.25, -0.2) is 0 Å². The van der Waals surface area contributed by atoms with E-state index in [9.17, 15) is 0 Å². The molecule has 0 aromatic carbocycles. The molecule has 3 heteroatoms. The largest absolute Gasteiger partial charge is 0.411 e. The average Bonchev–Trinajstić information content (AvgIpc) is 2.31. The minimum Gasteiger partial charge on any atom is -0.411 e. The number of piperidine rings is 1. The van der Waals surface area contributed by atoms with Gasteiger partial charge in [0.05, 0.1) is 5.71 Å². The van der Waals surface area contributed by atoms with E-state index in [2.05, 4.69) is 17.0 Å². The molecule has 0 aromatic rings. The fourth-order valence-corrected chi connectivity index (χ4v) is 3.15. The minimum absolute atomic E-state index is 0.433. The van der Waals surface area contributed by atoms with Crippen LogP contribution in [0.25, 0.3) is 0 Å². The molecule has 3 nitrogen and oxygen atoms in total. The number of nitrogens with zero attached hydrogens (tertiary/aromatic N) is 2. The highest BCUT2D eigenvalue weighted by atomic mass is 16.4. The molecule has 1 N–H and O–H groups in total. The summed E-state index contributed by atoms with van der Waals surface area (Å²) in [6.45, 7) is 5.60. The van der Waals surface area contributed by atoms with Crippen LogP contribution in [0.2, 0.25) is 0 Å². The van der Waals surface area contributed by atoms with E-state index in [0.29, 0.717) is 5.92 Å². The van der Waals surface area contributed by atoms with Crippen molar-refractivity contribution >= 4 is 5.71 Å². The van der Waals surface area contributed by atoms with Gasteiger partial charge in [-0.15, -0.1) is 0 Å². The maximum atomic E-state index is 8.84. The molecule has 0 radical (unpaired) electrons. The van der Waals surface area contributed by atoms with E-state index >= 15 is 0 Å². The van der Waals surface area contributed by atoms with Crippen LogP contribution in [0, 0.1) is 11.8 Å². The van der Waals surface area contributed by atoms with Crippen LogP contribution in [-0.4, -0.2) is 35.5 Å². The Labute approximate surface area is 98.5 Å². The van der Waals surface area contributed by atoms with Gasteiger partial charge in [-0.05, 0) is 18.8 Å². The summed E-state index contributed by atoms with van der Waals surface area (Å²) in [6, 6.07) is 0. The van der Waals surface area contributed by atoms with Gasteiger partial charge in [-0.1, -0.05) is 31.3 Å². The standard InChI is InChI=1S/C13H24N2O/c1-11-9-15(8-7-13(11)14-16)10-12-5-3-2-4-6-12/h11-12,16H,2-10H2,1H3. The summed E-state index contributed by atoms with van der Waals surface area (Å²) in [5, 5.41) is 12.2. The monoisotopic (exact) mass is 224 g/mol. The predicted octanol–water partition coefficient (Wildman–Crippen LogP) is 2.74. The second kappa shape index (κ2) is 5.67. The highest BCUT2D eigenvalue weighted by Gasteiger charge is 2.25. The SMILES string of the molecule is CC1CN(CC2CCCCC2)CCC1=NO. The van der Waals surface area contributed by atoms with Crippen LogP contribution < -0.4 is 0 Å². The zero-order valence-electron chi connectivity index (χ0n) is 10.4. The second-order valence-electron chi connectivity index (χ2n) is 5.51. The van der Waals surface area contributed by atoms with Crippen LogP contribution in [0.15, 0.2) is 5.16 Å². The van der Waals surface area contributed by atoms with Crippen LogP contribution in [0.1, 0.15) is 45.4 Å². The first kappa shape index (κ1) is 11.9. The van der Waals surface area contributed by atoms with Crippen molar-refractivity contribution in [3.05, 3.63) is 0 Å². The lowest BCUT2D eigenvalue weighted by Crippen LogP contribution is -2.42. The summed E-state index contributed by atoms with van der Waals surface area (Å²) in [5.74, 6) is 1.36. The molecule has 2 rings (SSSR count). The average molecular weight is 224 g/mol. The van der Waals surface area contributed by atoms with E-state index in [4.69, 9.17) is 5.21 Å². The molecule has 1 aliphatic heterocycles. The Morgan fingerprint density at radius 1 is 1.31 bits per heavy atom. The summed E-state index contributed by atoms with van der Waals surface area (Å²) < 4.78 is 0. The molecule has 1 aliphatic carbocycles. The van der Waals surface area contributed by atoms with E-state index in [1.54, 1.807) is 0 Å². The van der Waals surface area contributed by atoms with Gasteiger partial charge < -0.3 is 10.1 Å². The van der Waals surface area contributed by atoms with Crippen molar-refractivity contribution in [3.63, 3.8) is 0 Å². The highest BCUT2D eigenvalue weighted by Crippen LogP contribution is 2.25. The summed E-state index contributed by atoms with van der Waals surface area (Å²) in [6.07, 6.45) is 8.09. The molecule has 2 aliphatic rings. The molecule has 1 saturated carbocycles. The first-order chi connectivity index (χ1) is 7.79. The molecule has 92 valence electrons. The Morgan fingerprint density at radius 3 is 2.69 bits per heavy atom. The zero-order valence-corrected chi connectivity index (χ0v) is 10.4. The van der Waals surface area contributed by atoms with Crippen LogP contribution in [0.5, 0.6) is 0 Å². The molecule has 1 unspecified atom stereocenters. The van der Waals surface area contributed by atoms with Crippen molar-refractivity contribution in [1.82, 2.24) is 4.90 Å². The van der Waals surface area contributed by atoms with Gasteiger partial charge >= 0.3 is 0 Å². The van der Waals surface area contributed by atoms with Gasteiger partial charge in [0.1, 0.15) is 0 Å². The van der Waals surface area contributed by atoms with E-state index in [1.165, 1.54) is 38.6 Å². The summed E-state index contributed by atoms with van der Waals surface area (Å²) >= 11 is 0. The molecule has 0 amide bonds. The number of hydrogen-bond acceptors (Lipinski definition) is 3. The van der Waals surface area contributed by atoms with Gasteiger partial charge in [-0.3, -0.25) is 0 Å². The second-order valence-corrected chi connectivity index (χ2v) is 5.51. The number of oxime groups is 1. The fraction of sp³-hybridized carbons (Fsp3) is 0.923. The summed E-state index contributed by atoms with van der Waals surface area (Å²) in [4.78, 5) is 2.56. The molecule has 0 bridgehead atoms. The Morgan fingerprint density at radius 2 is 2.06 bits per heavy atom. The fourth-order valence-electron chi connectivity index (χ4n) is 3.15. The molecule has 2 fully saturated rings. The molecule has 0 spiro atoms. The van der Waals surface area contributed by atoms with Crippen LogP contribution in [-0.2, 0) is 0 Å². The molecular weight excluding hydrogens is 200 g/mol. The summed E-state index contributed by atoms with van der Waals surface area (Å²) in [5.41, 5.74) is 0.986. The van der Waals surface area contributed by atoms with Crippen LogP contribution in [0.3, 0.4) is 0 Å². The van der Waals surface area contributed by atoms with Gasteiger partial charge in [0.25, 0.3) is 0 Å². The first-order valence-electron chi connectivity index (χ1n) is 6.72. The third-order valence-corrected chi connectivity index (χ3v) is 4.15. The minimum atomic E-state index is 0.433. The Bertz CT molecular complexity index is 246. The molecular formula is C13H24N2O. The van der Waals surface area contributed by atoms with E-state index in [1.807, 2.05) is 0 Å². The van der Waals surface area contributed by atoms with Crippen LogP contribution in [0.4, 0.5) is 0 Å². The lowest BCUT2D eigenvalue weighted by Gasteiger charge is -2.35. The Hall–Kier alpha value is -0.570. The molecule has 1 heterocycles. The highest BCUT2D eigenvalue weighted by molar-refractivity contribution is 5.86. The first-order valence-corrected chi connectivity index (χ1v) is 6.72. The Balaban J connectivity index is 1.78. The molecule has 1 saturated heterocycles. The molecule has 16 heavy (non-hydrogen) atoms. The van der Waals surface area contributed by atoms with Crippen molar-refractivity contribution < 1.29 is 5.21 Å². The number of hydrogen-bond donors (Lipinski definition) is 1. The maximum absolute atomic E-state index is 8.84. The van der Waals surface area contributed by atoms with Crippen molar-refractivity contribution in [2.75, 3.05) is 19.6 Å². The van der Waals surface area contributed by atoms with Crippen molar-refractivity contribution in [3.8, 4) is 0 Å². The smallest absolute Gasteiger partial charge is 0.0624 e. The third-order valence-electron chi connectivity index (χ3n) is 4.15. The molecule has 0 aromatic heterocycles. The van der Waals surface area contributed by atoms with E-state index < -0.39 is 0 Å².